The van der Waals surface area contributed by atoms with Gasteiger partial charge in [0, 0.05) is 19.3 Å². The van der Waals surface area contributed by atoms with Crippen molar-refractivity contribution in [1.29, 1.82) is 0 Å². The van der Waals surface area contributed by atoms with Gasteiger partial charge in [-0.2, -0.15) is 0 Å². The Labute approximate surface area is 516 Å². The van der Waals surface area contributed by atoms with Gasteiger partial charge in [0.25, 0.3) is 0 Å². The minimum Gasteiger partial charge on any atom is -0.462 e. The molecule has 0 aromatic rings. The summed E-state index contributed by atoms with van der Waals surface area (Å²) in [6, 6.07) is 0. The number of hydrogen-bond donors (Lipinski definition) is 0. The Kier molecular flexibility index (Phi) is 68.6. The van der Waals surface area contributed by atoms with Crippen LogP contribution in [0.15, 0.2) is 72.9 Å². The lowest BCUT2D eigenvalue weighted by molar-refractivity contribution is -0.167. The lowest BCUT2D eigenvalue weighted by Crippen LogP contribution is -2.30. The summed E-state index contributed by atoms with van der Waals surface area (Å²) in [7, 11) is 0. The third-order valence-corrected chi connectivity index (χ3v) is 16.1. The molecule has 6 nitrogen and oxygen atoms in total. The highest BCUT2D eigenvalue weighted by atomic mass is 16.6. The number of esters is 3. The van der Waals surface area contributed by atoms with Crippen LogP contribution in [0.3, 0.4) is 0 Å². The first-order valence-corrected chi connectivity index (χ1v) is 36.4. The summed E-state index contributed by atoms with van der Waals surface area (Å²) in [6.07, 6.45) is 93.7. The molecule has 0 aliphatic heterocycles. The van der Waals surface area contributed by atoms with Crippen molar-refractivity contribution in [2.24, 2.45) is 0 Å². The number of allylic oxidation sites excluding steroid dienone is 12. The molecule has 0 aromatic carbocycles. The smallest absolute Gasteiger partial charge is 0.306 e. The molecule has 1 atom stereocenters. The highest BCUT2D eigenvalue weighted by molar-refractivity contribution is 5.71. The minimum atomic E-state index is -0.785. The van der Waals surface area contributed by atoms with E-state index in [0.29, 0.717) is 19.3 Å². The summed E-state index contributed by atoms with van der Waals surface area (Å²) in [5.74, 6) is -0.877. The number of rotatable bonds is 67. The predicted octanol–water partition coefficient (Wildman–Crippen LogP) is 25.2. The molecule has 0 saturated heterocycles. The number of hydrogen-bond acceptors (Lipinski definition) is 6. The molecule has 0 rings (SSSR count). The zero-order chi connectivity index (χ0) is 59.9. The molecule has 0 heterocycles. The Morgan fingerprint density at radius 2 is 0.458 bits per heavy atom. The molecule has 6 heteroatoms. The van der Waals surface area contributed by atoms with Crippen molar-refractivity contribution in [2.45, 2.75) is 386 Å². The summed E-state index contributed by atoms with van der Waals surface area (Å²) in [4.78, 5) is 38.4. The van der Waals surface area contributed by atoms with E-state index in [2.05, 4.69) is 93.7 Å². The van der Waals surface area contributed by atoms with Crippen LogP contribution >= 0.6 is 0 Å². The van der Waals surface area contributed by atoms with Gasteiger partial charge in [-0.05, 0) is 109 Å². The third kappa shape index (κ3) is 69.5. The SMILES string of the molecule is CCC/C=C\C/C=C\CCCCCCCC(=O)OCC(COC(=O)CCCCCCCCCCCCCCCCC/C=C\CCCCCCCCCC)OC(=O)CCCCCCCCCCCC/C=C\C/C=C\C/C=C\CCCCCCC. The third-order valence-electron chi connectivity index (χ3n) is 16.1. The first-order chi connectivity index (χ1) is 41.0. The number of carbonyl (C=O) groups is 3. The molecule has 1 unspecified atom stereocenters. The highest BCUT2D eigenvalue weighted by Gasteiger charge is 2.19. The first-order valence-electron chi connectivity index (χ1n) is 36.4. The second-order valence-electron chi connectivity index (χ2n) is 24.5. The molecular weight excluding hydrogens is 1020 g/mol. The van der Waals surface area contributed by atoms with E-state index in [1.807, 2.05) is 0 Å². The molecule has 0 bridgehead atoms. The largest absolute Gasteiger partial charge is 0.462 e. The van der Waals surface area contributed by atoms with Crippen molar-refractivity contribution >= 4 is 17.9 Å². The Morgan fingerprint density at radius 1 is 0.241 bits per heavy atom. The lowest BCUT2D eigenvalue weighted by atomic mass is 10.0. The second-order valence-corrected chi connectivity index (χ2v) is 24.5. The summed E-state index contributed by atoms with van der Waals surface area (Å²) in [5.41, 5.74) is 0. The molecule has 0 fully saturated rings. The van der Waals surface area contributed by atoms with Crippen LogP contribution in [0.5, 0.6) is 0 Å². The molecule has 0 radical (unpaired) electrons. The molecule has 0 aliphatic carbocycles. The van der Waals surface area contributed by atoms with E-state index in [9.17, 15) is 14.4 Å². The van der Waals surface area contributed by atoms with E-state index >= 15 is 0 Å². The van der Waals surface area contributed by atoms with Crippen molar-refractivity contribution in [1.82, 2.24) is 0 Å². The standard InChI is InChI=1S/C77H138O6/c1-4-7-10-13-16-19-22-25-27-29-31-33-35-37-38-40-41-43-45-47-49-52-55-58-61-64-67-70-76(79)82-73-74(72-81-75(78)69-66-63-60-57-54-51-24-21-18-15-12-9-6-3)83-77(80)71-68-65-62-59-56-53-50-48-46-44-42-39-36-34-32-30-28-26-23-20-17-14-11-8-5-2/h12,15,21,23-24,26,29-32,36,39,74H,4-11,13-14,16-20,22,25,27-28,33-35,37-38,40-73H2,1-3H3/b15-12-,24-21-,26-23-,31-29-,32-30-,39-36-. The molecule has 0 amide bonds. The van der Waals surface area contributed by atoms with Crippen molar-refractivity contribution in [3.05, 3.63) is 72.9 Å². The molecular formula is C77H138O6. The fraction of sp³-hybridized carbons (Fsp3) is 0.805. The van der Waals surface area contributed by atoms with Gasteiger partial charge in [-0.3, -0.25) is 14.4 Å². The van der Waals surface area contributed by atoms with Crippen LogP contribution in [0.25, 0.3) is 0 Å². The zero-order valence-electron chi connectivity index (χ0n) is 55.5. The number of carbonyl (C=O) groups excluding carboxylic acids is 3. The van der Waals surface area contributed by atoms with Crippen LogP contribution in [0.1, 0.15) is 380 Å². The van der Waals surface area contributed by atoms with E-state index in [4.69, 9.17) is 14.2 Å². The van der Waals surface area contributed by atoms with Crippen LogP contribution in [0.4, 0.5) is 0 Å². The molecule has 482 valence electrons. The zero-order valence-corrected chi connectivity index (χ0v) is 55.5. The van der Waals surface area contributed by atoms with Gasteiger partial charge in [0.2, 0.25) is 0 Å². The van der Waals surface area contributed by atoms with Crippen LogP contribution in [0, 0.1) is 0 Å². The lowest BCUT2D eigenvalue weighted by Gasteiger charge is -2.18. The molecule has 0 aliphatic rings. The normalized spacial score (nSPS) is 12.5. The predicted molar refractivity (Wildman–Crippen MR) is 362 cm³/mol. The molecule has 83 heavy (non-hydrogen) atoms. The molecule has 0 N–H and O–H groups in total. The molecule has 0 saturated carbocycles. The summed E-state index contributed by atoms with van der Waals surface area (Å²) in [6.45, 7) is 6.60. The highest BCUT2D eigenvalue weighted by Crippen LogP contribution is 2.18. The van der Waals surface area contributed by atoms with Crippen molar-refractivity contribution in [2.75, 3.05) is 13.2 Å². The van der Waals surface area contributed by atoms with E-state index in [-0.39, 0.29) is 31.1 Å². The maximum Gasteiger partial charge on any atom is 0.306 e. The fourth-order valence-electron chi connectivity index (χ4n) is 10.7. The van der Waals surface area contributed by atoms with Gasteiger partial charge >= 0.3 is 17.9 Å². The second kappa shape index (κ2) is 71.3. The first kappa shape index (κ1) is 79.8. The topological polar surface area (TPSA) is 78.9 Å². The average molecular weight is 1160 g/mol. The van der Waals surface area contributed by atoms with Crippen LogP contribution in [0.2, 0.25) is 0 Å². The van der Waals surface area contributed by atoms with Gasteiger partial charge in [-0.15, -0.1) is 0 Å². The van der Waals surface area contributed by atoms with E-state index < -0.39 is 6.10 Å². The van der Waals surface area contributed by atoms with Gasteiger partial charge < -0.3 is 14.2 Å². The quantitative estimate of drug-likeness (QED) is 0.0261. The molecule has 0 aromatic heterocycles. The minimum absolute atomic E-state index is 0.0788. The Bertz CT molecular complexity index is 1520. The van der Waals surface area contributed by atoms with Gasteiger partial charge in [0.1, 0.15) is 13.2 Å². The van der Waals surface area contributed by atoms with Gasteiger partial charge in [0.05, 0.1) is 0 Å². The summed E-state index contributed by atoms with van der Waals surface area (Å²) >= 11 is 0. The van der Waals surface area contributed by atoms with E-state index in [1.54, 1.807) is 0 Å². The maximum absolute atomic E-state index is 13.0. The Hall–Kier alpha value is -3.15. The summed E-state index contributed by atoms with van der Waals surface area (Å²) < 4.78 is 17.0. The summed E-state index contributed by atoms with van der Waals surface area (Å²) in [5, 5.41) is 0. The number of ether oxygens (including phenoxy) is 3. The monoisotopic (exact) mass is 1160 g/mol. The van der Waals surface area contributed by atoms with Crippen LogP contribution in [-0.4, -0.2) is 37.2 Å². The van der Waals surface area contributed by atoms with E-state index in [0.717, 1.165) is 96.3 Å². The van der Waals surface area contributed by atoms with Crippen molar-refractivity contribution < 1.29 is 28.6 Å². The van der Waals surface area contributed by atoms with Crippen LogP contribution in [-0.2, 0) is 28.6 Å². The van der Waals surface area contributed by atoms with Crippen LogP contribution < -0.4 is 0 Å². The average Bonchev–Trinajstić information content (AvgIpc) is 3.49. The van der Waals surface area contributed by atoms with Gasteiger partial charge in [-0.25, -0.2) is 0 Å². The molecule has 0 spiro atoms. The van der Waals surface area contributed by atoms with Gasteiger partial charge in [0.15, 0.2) is 6.10 Å². The van der Waals surface area contributed by atoms with Gasteiger partial charge in [-0.1, -0.05) is 325 Å². The Morgan fingerprint density at radius 3 is 0.735 bits per heavy atom. The van der Waals surface area contributed by atoms with E-state index in [1.165, 1.54) is 244 Å². The fourth-order valence-corrected chi connectivity index (χ4v) is 10.7. The number of unbranched alkanes of at least 4 members (excludes halogenated alkanes) is 44. The maximum atomic E-state index is 13.0. The van der Waals surface area contributed by atoms with Crippen molar-refractivity contribution in [3.8, 4) is 0 Å². The van der Waals surface area contributed by atoms with Crippen molar-refractivity contribution in [3.63, 3.8) is 0 Å². The Balaban J connectivity index is 4.25.